The van der Waals surface area contributed by atoms with E-state index in [9.17, 15) is 0 Å². The molecule has 14 heavy (non-hydrogen) atoms. The Labute approximate surface area is 97.9 Å². The second-order valence-corrected chi connectivity index (χ2v) is 4.48. The fraction of sp³-hybridized carbons (Fsp3) is 0.800. The lowest BCUT2D eigenvalue weighted by Gasteiger charge is -2.28. The lowest BCUT2D eigenvalue weighted by Crippen LogP contribution is -2.39. The van der Waals surface area contributed by atoms with Gasteiger partial charge in [-0.2, -0.15) is 0 Å². The van der Waals surface area contributed by atoms with E-state index in [-0.39, 0.29) is 24.6 Å². The maximum absolute atomic E-state index is 5.72. The highest BCUT2D eigenvalue weighted by atomic mass is 127. The normalized spacial score (nSPS) is 41.2. The van der Waals surface area contributed by atoms with Crippen molar-refractivity contribution in [2.24, 2.45) is 0 Å². The molecule has 0 saturated carbocycles. The monoisotopic (exact) mass is 310 g/mol. The Morgan fingerprint density at radius 2 is 2.29 bits per heavy atom. The molecule has 0 amide bonds. The van der Waals surface area contributed by atoms with E-state index in [0.29, 0.717) is 6.61 Å². The van der Waals surface area contributed by atoms with Gasteiger partial charge in [0.15, 0.2) is 6.29 Å². The quantitative estimate of drug-likeness (QED) is 0.451. The van der Waals surface area contributed by atoms with Crippen molar-refractivity contribution in [3.63, 3.8) is 0 Å². The minimum Gasteiger partial charge on any atom is -0.371 e. The smallest absolute Gasteiger partial charge is 0.158 e. The number of rotatable bonds is 4. The molecule has 3 nitrogen and oxygen atoms in total. The fourth-order valence-electron chi connectivity index (χ4n) is 1.99. The number of fused-ring (bicyclic) bond motifs is 2. The summed E-state index contributed by atoms with van der Waals surface area (Å²) in [4.78, 5) is 0. The molecule has 2 rings (SSSR count). The largest absolute Gasteiger partial charge is 0.371 e. The molecule has 0 N–H and O–H groups in total. The summed E-state index contributed by atoms with van der Waals surface area (Å²) < 4.78 is 18.1. The van der Waals surface area contributed by atoms with Crippen LogP contribution in [0.3, 0.4) is 0 Å². The molecule has 0 aromatic heterocycles. The van der Waals surface area contributed by atoms with E-state index in [1.165, 1.54) is 0 Å². The van der Waals surface area contributed by atoms with Crippen LogP contribution in [0.25, 0.3) is 0 Å². The topological polar surface area (TPSA) is 27.7 Å². The van der Waals surface area contributed by atoms with Crippen molar-refractivity contribution >= 4 is 22.6 Å². The maximum Gasteiger partial charge on any atom is 0.158 e. The van der Waals surface area contributed by atoms with Crippen LogP contribution in [0.15, 0.2) is 12.7 Å². The first kappa shape index (κ1) is 10.9. The average molecular weight is 310 g/mol. The Hall–Kier alpha value is 0.350. The number of halogens is 1. The molecule has 2 aliphatic heterocycles. The van der Waals surface area contributed by atoms with Crippen LogP contribution in [0.4, 0.5) is 0 Å². The van der Waals surface area contributed by atoms with Crippen LogP contribution in [0, 0.1) is 0 Å². The summed E-state index contributed by atoms with van der Waals surface area (Å²) in [6.07, 6.45) is 4.31. The zero-order chi connectivity index (χ0) is 9.97. The second kappa shape index (κ2) is 4.92. The van der Waals surface area contributed by atoms with Gasteiger partial charge in [0.05, 0.1) is 18.8 Å². The van der Waals surface area contributed by atoms with Crippen LogP contribution >= 0.6 is 22.6 Å². The number of alkyl halides is 1. The van der Waals surface area contributed by atoms with Crippen molar-refractivity contribution in [2.45, 2.75) is 37.4 Å². The van der Waals surface area contributed by atoms with Gasteiger partial charge in [-0.1, -0.05) is 28.7 Å². The summed E-state index contributed by atoms with van der Waals surface area (Å²) in [5.74, 6) is 0. The Morgan fingerprint density at radius 3 is 3.00 bits per heavy atom. The van der Waals surface area contributed by atoms with Gasteiger partial charge in [0, 0.05) is 10.8 Å². The highest BCUT2D eigenvalue weighted by molar-refractivity contribution is 14.1. The Bertz CT molecular complexity index is 210. The summed E-state index contributed by atoms with van der Waals surface area (Å²) in [5, 5.41) is 0. The van der Waals surface area contributed by atoms with E-state index in [2.05, 4.69) is 29.2 Å². The second-order valence-electron chi connectivity index (χ2n) is 3.60. The first-order valence-corrected chi connectivity index (χ1v) is 6.47. The van der Waals surface area contributed by atoms with Crippen molar-refractivity contribution < 1.29 is 14.2 Å². The summed E-state index contributed by atoms with van der Waals surface area (Å²) in [7, 11) is 0. The summed E-state index contributed by atoms with van der Waals surface area (Å²) in [5.41, 5.74) is 0. The van der Waals surface area contributed by atoms with E-state index in [4.69, 9.17) is 14.2 Å². The molecule has 80 valence electrons. The number of ether oxygens (including phenoxy) is 3. The van der Waals surface area contributed by atoms with Crippen LogP contribution in [-0.2, 0) is 14.2 Å². The van der Waals surface area contributed by atoms with Crippen molar-refractivity contribution in [3.05, 3.63) is 12.7 Å². The van der Waals surface area contributed by atoms with Gasteiger partial charge < -0.3 is 14.2 Å². The molecular formula is C10H15IO3. The van der Waals surface area contributed by atoms with Crippen molar-refractivity contribution in [2.75, 3.05) is 11.0 Å². The zero-order valence-electron chi connectivity index (χ0n) is 8.02. The molecule has 0 aliphatic carbocycles. The molecule has 4 heteroatoms. The van der Waals surface area contributed by atoms with Gasteiger partial charge in [-0.25, -0.2) is 0 Å². The molecule has 2 aliphatic rings. The van der Waals surface area contributed by atoms with Gasteiger partial charge in [0.1, 0.15) is 6.10 Å². The van der Waals surface area contributed by atoms with Crippen LogP contribution in [-0.4, -0.2) is 35.6 Å². The maximum atomic E-state index is 5.72. The molecule has 2 fully saturated rings. The lowest BCUT2D eigenvalue weighted by molar-refractivity contribution is -0.132. The van der Waals surface area contributed by atoms with Gasteiger partial charge in [-0.05, 0) is 6.42 Å². The van der Waals surface area contributed by atoms with Gasteiger partial charge in [-0.15, -0.1) is 6.58 Å². The van der Waals surface area contributed by atoms with Gasteiger partial charge in [-0.3, -0.25) is 0 Å². The van der Waals surface area contributed by atoms with Gasteiger partial charge in [0.2, 0.25) is 0 Å². The highest BCUT2D eigenvalue weighted by Crippen LogP contribution is 2.34. The Balaban J connectivity index is 1.94. The minimum absolute atomic E-state index is 0.0170. The fourth-order valence-corrected chi connectivity index (χ4v) is 2.70. The first-order valence-electron chi connectivity index (χ1n) is 4.94. The predicted molar refractivity (Wildman–Crippen MR) is 61.6 cm³/mol. The van der Waals surface area contributed by atoms with E-state index in [1.54, 1.807) is 6.08 Å². The highest BCUT2D eigenvalue weighted by Gasteiger charge is 2.44. The molecule has 2 saturated heterocycles. The van der Waals surface area contributed by atoms with Crippen LogP contribution in [0.2, 0.25) is 0 Å². The third-order valence-corrected chi connectivity index (χ3v) is 3.50. The van der Waals surface area contributed by atoms with Crippen molar-refractivity contribution in [1.29, 1.82) is 0 Å². The molecule has 2 bridgehead atoms. The van der Waals surface area contributed by atoms with Crippen LogP contribution < -0.4 is 0 Å². The van der Waals surface area contributed by atoms with Crippen LogP contribution in [0.1, 0.15) is 12.8 Å². The minimum atomic E-state index is 0.0170. The van der Waals surface area contributed by atoms with Crippen molar-refractivity contribution in [1.82, 2.24) is 0 Å². The zero-order valence-corrected chi connectivity index (χ0v) is 10.2. The molecule has 0 unspecified atom stereocenters. The summed E-state index contributed by atoms with van der Waals surface area (Å²) in [6, 6.07) is 0. The third kappa shape index (κ3) is 2.13. The summed E-state index contributed by atoms with van der Waals surface area (Å²) >= 11 is 2.33. The van der Waals surface area contributed by atoms with Gasteiger partial charge in [0.25, 0.3) is 0 Å². The first-order chi connectivity index (χ1) is 6.85. The SMILES string of the molecule is C=CCO[C@H]1CC[C@@H]2O[C@H]1[C@@H](CI)O2. The average Bonchev–Trinajstić information content (AvgIpc) is 2.55. The number of hydrogen-bond acceptors (Lipinski definition) is 3. The Kier molecular flexibility index (Phi) is 3.81. The van der Waals surface area contributed by atoms with Crippen molar-refractivity contribution in [3.8, 4) is 0 Å². The van der Waals surface area contributed by atoms with E-state index < -0.39 is 0 Å². The molecule has 2 heterocycles. The molecule has 0 spiro atoms. The predicted octanol–water partition coefficient (Wildman–Crippen LogP) is 1.90. The molecule has 4 atom stereocenters. The summed E-state index contributed by atoms with van der Waals surface area (Å²) in [6.45, 7) is 4.25. The van der Waals surface area contributed by atoms with Gasteiger partial charge >= 0.3 is 0 Å². The standard InChI is InChI=1S/C10H15IO3/c1-2-5-12-7-3-4-9-13-8(6-11)10(7)14-9/h2,7-10H,1,3-6H2/t7-,8+,9-,10+/m0/s1. The van der Waals surface area contributed by atoms with Crippen LogP contribution in [0.5, 0.6) is 0 Å². The van der Waals surface area contributed by atoms with E-state index in [1.807, 2.05) is 0 Å². The molecule has 0 aromatic rings. The molecule has 0 aromatic carbocycles. The molecule has 0 radical (unpaired) electrons. The lowest BCUT2D eigenvalue weighted by atomic mass is 10.0. The Morgan fingerprint density at radius 1 is 1.43 bits per heavy atom. The molecular weight excluding hydrogens is 295 g/mol. The third-order valence-electron chi connectivity index (χ3n) is 2.64. The van der Waals surface area contributed by atoms with E-state index in [0.717, 1.165) is 17.3 Å². The van der Waals surface area contributed by atoms with E-state index >= 15 is 0 Å². The number of hydrogen-bond donors (Lipinski definition) is 0.